The normalized spacial score (nSPS) is 17.3. The average Bonchev–Trinajstić information content (AvgIpc) is 2.96. The highest BCUT2D eigenvalue weighted by molar-refractivity contribution is 14.0. The number of ether oxygens (including phenoxy) is 1. The molecule has 1 aromatic heterocycles. The number of carbonyl (C=O) groups is 1. The molecule has 1 unspecified atom stereocenters. The summed E-state index contributed by atoms with van der Waals surface area (Å²) in [7, 11) is 0. The van der Waals surface area contributed by atoms with Gasteiger partial charge in [-0.2, -0.15) is 0 Å². The summed E-state index contributed by atoms with van der Waals surface area (Å²) in [5.74, 6) is 1.30. The summed E-state index contributed by atoms with van der Waals surface area (Å²) in [5, 5.41) is 7.76. The Balaban J connectivity index is 0.00000450. The Morgan fingerprint density at radius 3 is 2.67 bits per heavy atom. The van der Waals surface area contributed by atoms with Crippen molar-refractivity contribution < 1.29 is 9.53 Å². The van der Waals surface area contributed by atoms with Crippen LogP contribution in [0.15, 0.2) is 4.99 Å². The smallest absolute Gasteiger partial charge is 0.410 e. The summed E-state index contributed by atoms with van der Waals surface area (Å²) in [4.78, 5) is 24.6. The Labute approximate surface area is 202 Å². The van der Waals surface area contributed by atoms with E-state index in [2.05, 4.69) is 34.5 Å². The number of thiazole rings is 1. The van der Waals surface area contributed by atoms with Crippen LogP contribution in [0.2, 0.25) is 0 Å². The number of carbonyl (C=O) groups excluding carboxylic acids is 1. The predicted molar refractivity (Wildman–Crippen MR) is 135 cm³/mol. The SMILES string of the molecule is CCNC(=NCc1nc(C)c(C)s1)NCCC1CCCN(C(=O)OC(C)(C)C)C1.I. The second-order valence-corrected chi connectivity index (χ2v) is 9.88. The maximum Gasteiger partial charge on any atom is 0.410 e. The Kier molecular flexibility index (Phi) is 11.4. The monoisotopic (exact) mass is 551 g/mol. The van der Waals surface area contributed by atoms with E-state index in [0.717, 1.165) is 62.1 Å². The van der Waals surface area contributed by atoms with E-state index in [-0.39, 0.29) is 30.1 Å². The quantitative estimate of drug-likeness (QED) is 0.310. The maximum atomic E-state index is 12.3. The number of guanidine groups is 1. The highest BCUT2D eigenvalue weighted by atomic mass is 127. The second kappa shape index (κ2) is 12.7. The number of nitrogens with one attached hydrogen (secondary N) is 2. The van der Waals surface area contributed by atoms with Gasteiger partial charge in [-0.15, -0.1) is 35.3 Å². The molecule has 0 saturated carbocycles. The number of likely N-dealkylation sites (tertiary alicyclic amines) is 1. The second-order valence-electron chi connectivity index (χ2n) is 8.59. The van der Waals surface area contributed by atoms with Crippen molar-refractivity contribution in [3.05, 3.63) is 15.6 Å². The lowest BCUT2D eigenvalue weighted by atomic mass is 9.95. The molecular formula is C21H38IN5O2S. The maximum absolute atomic E-state index is 12.3. The number of piperidine rings is 1. The van der Waals surface area contributed by atoms with Gasteiger partial charge in [0.05, 0.1) is 12.2 Å². The lowest BCUT2D eigenvalue weighted by Crippen LogP contribution is -2.44. The van der Waals surface area contributed by atoms with Crippen LogP contribution in [0.4, 0.5) is 4.79 Å². The van der Waals surface area contributed by atoms with Crippen molar-refractivity contribution >= 4 is 47.4 Å². The number of nitrogens with zero attached hydrogens (tertiary/aromatic N) is 3. The van der Waals surface area contributed by atoms with Gasteiger partial charge < -0.3 is 20.3 Å². The van der Waals surface area contributed by atoms with Crippen LogP contribution < -0.4 is 10.6 Å². The van der Waals surface area contributed by atoms with Crippen molar-refractivity contribution in [3.8, 4) is 0 Å². The third-order valence-corrected chi connectivity index (χ3v) is 5.86. The molecule has 1 amide bonds. The van der Waals surface area contributed by atoms with Crippen LogP contribution in [0.5, 0.6) is 0 Å². The zero-order chi connectivity index (χ0) is 21.4. The van der Waals surface area contributed by atoms with Gasteiger partial charge in [0, 0.05) is 31.1 Å². The summed E-state index contributed by atoms with van der Waals surface area (Å²) in [6.07, 6.45) is 2.98. The average molecular weight is 552 g/mol. The molecule has 7 nitrogen and oxygen atoms in total. The molecule has 0 radical (unpaired) electrons. The first kappa shape index (κ1) is 26.9. The molecule has 0 aliphatic carbocycles. The van der Waals surface area contributed by atoms with Crippen LogP contribution in [0.1, 0.15) is 62.5 Å². The van der Waals surface area contributed by atoms with Crippen LogP contribution in [0.25, 0.3) is 0 Å². The van der Waals surface area contributed by atoms with Crippen molar-refractivity contribution in [2.45, 2.75) is 73.0 Å². The Morgan fingerprint density at radius 2 is 2.07 bits per heavy atom. The summed E-state index contributed by atoms with van der Waals surface area (Å²) in [5.41, 5.74) is 0.641. The molecule has 1 fully saturated rings. The molecule has 2 N–H and O–H groups in total. The van der Waals surface area contributed by atoms with Crippen LogP contribution >= 0.6 is 35.3 Å². The van der Waals surface area contributed by atoms with E-state index in [1.165, 1.54) is 4.88 Å². The van der Waals surface area contributed by atoms with Crippen molar-refractivity contribution in [1.82, 2.24) is 20.5 Å². The zero-order valence-corrected chi connectivity index (χ0v) is 22.4. The number of halogens is 1. The van der Waals surface area contributed by atoms with E-state index in [0.29, 0.717) is 12.5 Å². The first-order valence-corrected chi connectivity index (χ1v) is 11.4. The third-order valence-electron chi connectivity index (χ3n) is 4.81. The lowest BCUT2D eigenvalue weighted by Gasteiger charge is -2.34. The van der Waals surface area contributed by atoms with Gasteiger partial charge >= 0.3 is 6.09 Å². The van der Waals surface area contributed by atoms with Crippen LogP contribution in [-0.2, 0) is 11.3 Å². The molecule has 1 aliphatic rings. The van der Waals surface area contributed by atoms with Crippen molar-refractivity contribution in [1.29, 1.82) is 0 Å². The van der Waals surface area contributed by atoms with Crippen molar-refractivity contribution in [2.24, 2.45) is 10.9 Å². The highest BCUT2D eigenvalue weighted by Crippen LogP contribution is 2.21. The van der Waals surface area contributed by atoms with Gasteiger partial charge in [0.15, 0.2) is 5.96 Å². The molecule has 1 saturated heterocycles. The van der Waals surface area contributed by atoms with Gasteiger partial charge in [0.25, 0.3) is 0 Å². The fraction of sp³-hybridized carbons (Fsp3) is 0.762. The molecule has 9 heteroatoms. The van der Waals surface area contributed by atoms with E-state index in [4.69, 9.17) is 4.74 Å². The number of hydrogen-bond donors (Lipinski definition) is 2. The zero-order valence-electron chi connectivity index (χ0n) is 19.2. The number of aryl methyl sites for hydroxylation is 2. The first-order valence-electron chi connectivity index (χ1n) is 10.6. The molecular weight excluding hydrogens is 513 g/mol. The summed E-state index contributed by atoms with van der Waals surface area (Å²) in [6.45, 7) is 15.7. The Hall–Kier alpha value is -1.10. The van der Waals surface area contributed by atoms with Gasteiger partial charge in [0.2, 0.25) is 0 Å². The summed E-state index contributed by atoms with van der Waals surface area (Å²) >= 11 is 1.70. The molecule has 1 aromatic rings. The minimum Gasteiger partial charge on any atom is -0.444 e. The van der Waals surface area contributed by atoms with Gasteiger partial charge in [-0.1, -0.05) is 0 Å². The van der Waals surface area contributed by atoms with E-state index >= 15 is 0 Å². The molecule has 1 atom stereocenters. The van der Waals surface area contributed by atoms with E-state index in [1.807, 2.05) is 32.6 Å². The van der Waals surface area contributed by atoms with Gasteiger partial charge in [-0.05, 0) is 66.7 Å². The largest absolute Gasteiger partial charge is 0.444 e. The number of hydrogen-bond acceptors (Lipinski definition) is 5. The number of rotatable bonds is 6. The summed E-state index contributed by atoms with van der Waals surface area (Å²) in [6, 6.07) is 0. The Bertz CT molecular complexity index is 683. The standard InChI is InChI=1S/C21H37N5O2S.HI/c1-7-22-19(24-13-18-25-15(2)16(3)29-18)23-11-10-17-9-8-12-26(14-17)20(27)28-21(4,5)6;/h17H,7-14H2,1-6H3,(H2,22,23,24);1H. The van der Waals surface area contributed by atoms with Gasteiger partial charge in [-0.3, -0.25) is 0 Å². The fourth-order valence-electron chi connectivity index (χ4n) is 3.28. The topological polar surface area (TPSA) is 78.9 Å². The number of amides is 1. The third kappa shape index (κ3) is 9.36. The molecule has 0 aromatic carbocycles. The van der Waals surface area contributed by atoms with E-state index in [1.54, 1.807) is 11.3 Å². The summed E-state index contributed by atoms with van der Waals surface area (Å²) < 4.78 is 5.52. The number of aliphatic imine (C=N–C) groups is 1. The molecule has 30 heavy (non-hydrogen) atoms. The first-order chi connectivity index (χ1) is 13.7. The van der Waals surface area contributed by atoms with E-state index in [9.17, 15) is 4.79 Å². The Morgan fingerprint density at radius 1 is 1.33 bits per heavy atom. The van der Waals surface area contributed by atoms with Gasteiger partial charge in [-0.25, -0.2) is 14.8 Å². The van der Waals surface area contributed by atoms with Crippen LogP contribution in [-0.4, -0.2) is 53.7 Å². The molecule has 172 valence electrons. The lowest BCUT2D eigenvalue weighted by molar-refractivity contribution is 0.0162. The van der Waals surface area contributed by atoms with Crippen LogP contribution in [0.3, 0.4) is 0 Å². The van der Waals surface area contributed by atoms with Gasteiger partial charge in [0.1, 0.15) is 10.6 Å². The molecule has 1 aliphatic heterocycles. The van der Waals surface area contributed by atoms with Crippen LogP contribution in [0, 0.1) is 19.8 Å². The molecule has 0 spiro atoms. The van der Waals surface area contributed by atoms with Crippen molar-refractivity contribution in [2.75, 3.05) is 26.2 Å². The minimum atomic E-state index is -0.447. The minimum absolute atomic E-state index is 0. The molecule has 2 rings (SSSR count). The molecule has 2 heterocycles. The number of aromatic nitrogens is 1. The fourth-order valence-corrected chi connectivity index (χ4v) is 4.14. The predicted octanol–water partition coefficient (Wildman–Crippen LogP) is 4.47. The molecule has 0 bridgehead atoms. The van der Waals surface area contributed by atoms with Crippen molar-refractivity contribution in [3.63, 3.8) is 0 Å². The van der Waals surface area contributed by atoms with E-state index < -0.39 is 5.60 Å². The highest BCUT2D eigenvalue weighted by Gasteiger charge is 2.27.